The van der Waals surface area contributed by atoms with Crippen LogP contribution in [-0.2, 0) is 0 Å². The average Bonchev–Trinajstić information content (AvgIpc) is 2.19. The molecule has 76 valence electrons. The van der Waals surface area contributed by atoms with Gasteiger partial charge in [0.1, 0.15) is 0 Å². The first-order valence-electron chi connectivity index (χ1n) is 4.97. The summed E-state index contributed by atoms with van der Waals surface area (Å²) in [4.78, 5) is 6.54. The Morgan fingerprint density at radius 1 is 1.46 bits per heavy atom. The molecule has 0 bridgehead atoms. The summed E-state index contributed by atoms with van der Waals surface area (Å²) in [7, 11) is 0. The molecular formula is C9H19N3S. The minimum absolute atomic E-state index is 0.744. The summed E-state index contributed by atoms with van der Waals surface area (Å²) in [5, 5.41) is 0. The monoisotopic (exact) mass is 201 g/mol. The van der Waals surface area contributed by atoms with Gasteiger partial charge in [-0.2, -0.15) is 11.8 Å². The number of hydrogen-bond acceptors (Lipinski definition) is 2. The van der Waals surface area contributed by atoms with E-state index in [9.17, 15) is 0 Å². The lowest BCUT2D eigenvalue weighted by Crippen LogP contribution is -2.42. The maximum absolute atomic E-state index is 5.86. The first-order chi connectivity index (χ1) is 6.34. The van der Waals surface area contributed by atoms with Gasteiger partial charge in [-0.1, -0.05) is 13.3 Å². The largest absolute Gasteiger partial charge is 0.370 e. The van der Waals surface area contributed by atoms with Gasteiger partial charge in [-0.05, 0) is 6.42 Å². The van der Waals surface area contributed by atoms with Crippen molar-refractivity contribution in [3.8, 4) is 0 Å². The minimum atomic E-state index is 0.744. The quantitative estimate of drug-likeness (QED) is 0.423. The van der Waals surface area contributed by atoms with Crippen LogP contribution in [0.4, 0.5) is 0 Å². The molecule has 1 aliphatic heterocycles. The van der Waals surface area contributed by atoms with E-state index in [2.05, 4.69) is 16.8 Å². The number of thioether (sulfide) groups is 1. The Labute approximate surface area is 84.8 Å². The van der Waals surface area contributed by atoms with E-state index in [0.717, 1.165) is 32.0 Å². The highest BCUT2D eigenvalue weighted by Gasteiger charge is 2.11. The van der Waals surface area contributed by atoms with E-state index in [1.54, 1.807) is 0 Å². The fraction of sp³-hybridized carbons (Fsp3) is 0.889. The molecule has 0 aromatic carbocycles. The molecule has 4 heteroatoms. The smallest absolute Gasteiger partial charge is 0.191 e. The third-order valence-corrected chi connectivity index (χ3v) is 3.06. The highest BCUT2D eigenvalue weighted by Crippen LogP contribution is 2.08. The van der Waals surface area contributed by atoms with Crippen molar-refractivity contribution in [3.63, 3.8) is 0 Å². The summed E-state index contributed by atoms with van der Waals surface area (Å²) < 4.78 is 0. The molecule has 0 aliphatic carbocycles. The molecule has 1 rings (SSSR count). The van der Waals surface area contributed by atoms with Crippen LogP contribution in [0.5, 0.6) is 0 Å². The molecule has 2 N–H and O–H groups in total. The number of rotatable bonds is 3. The van der Waals surface area contributed by atoms with Gasteiger partial charge in [-0.15, -0.1) is 0 Å². The van der Waals surface area contributed by atoms with E-state index in [-0.39, 0.29) is 0 Å². The maximum atomic E-state index is 5.86. The predicted molar refractivity (Wildman–Crippen MR) is 60.3 cm³/mol. The Bertz CT molecular complexity index is 164. The molecule has 1 fully saturated rings. The van der Waals surface area contributed by atoms with Crippen LogP contribution in [0.2, 0.25) is 0 Å². The van der Waals surface area contributed by atoms with Crippen molar-refractivity contribution in [1.29, 1.82) is 0 Å². The van der Waals surface area contributed by atoms with Crippen LogP contribution in [-0.4, -0.2) is 42.0 Å². The van der Waals surface area contributed by atoms with Crippen LogP contribution in [0, 0.1) is 0 Å². The molecule has 0 aromatic heterocycles. The van der Waals surface area contributed by atoms with Crippen molar-refractivity contribution in [1.82, 2.24) is 4.90 Å². The van der Waals surface area contributed by atoms with E-state index in [1.807, 2.05) is 11.8 Å². The maximum Gasteiger partial charge on any atom is 0.191 e. The minimum Gasteiger partial charge on any atom is -0.370 e. The summed E-state index contributed by atoms with van der Waals surface area (Å²) in [5.74, 6) is 3.11. The molecule has 1 saturated heterocycles. The standard InChI is InChI=1S/C9H19N3S/c1-2-3-4-11-9(10)12-5-7-13-8-6-12/h2-8H2,1H3,(H2,10,11). The zero-order chi connectivity index (χ0) is 9.52. The Kier molecular flexibility index (Phi) is 5.05. The fourth-order valence-electron chi connectivity index (χ4n) is 1.24. The van der Waals surface area contributed by atoms with Gasteiger partial charge in [0.25, 0.3) is 0 Å². The molecule has 3 nitrogen and oxygen atoms in total. The highest BCUT2D eigenvalue weighted by molar-refractivity contribution is 7.99. The SMILES string of the molecule is CCCCN=C(N)N1CCSCC1. The molecule has 0 radical (unpaired) electrons. The number of nitrogens with two attached hydrogens (primary N) is 1. The summed E-state index contributed by atoms with van der Waals surface area (Å²) in [5.41, 5.74) is 5.86. The highest BCUT2D eigenvalue weighted by atomic mass is 32.2. The summed E-state index contributed by atoms with van der Waals surface area (Å²) in [6, 6.07) is 0. The molecule has 0 atom stereocenters. The molecule has 0 amide bonds. The van der Waals surface area contributed by atoms with Crippen LogP contribution in [0.15, 0.2) is 4.99 Å². The third-order valence-electron chi connectivity index (χ3n) is 2.12. The van der Waals surface area contributed by atoms with Gasteiger partial charge < -0.3 is 10.6 Å². The van der Waals surface area contributed by atoms with Gasteiger partial charge >= 0.3 is 0 Å². The number of hydrogen-bond donors (Lipinski definition) is 1. The van der Waals surface area contributed by atoms with Gasteiger partial charge in [0.2, 0.25) is 0 Å². The second-order valence-corrected chi connectivity index (χ2v) is 4.42. The van der Waals surface area contributed by atoms with Crippen molar-refractivity contribution >= 4 is 17.7 Å². The van der Waals surface area contributed by atoms with Crippen LogP contribution in [0.1, 0.15) is 19.8 Å². The van der Waals surface area contributed by atoms with Crippen molar-refractivity contribution in [3.05, 3.63) is 0 Å². The first-order valence-corrected chi connectivity index (χ1v) is 6.12. The second kappa shape index (κ2) is 6.13. The van der Waals surface area contributed by atoms with Crippen molar-refractivity contribution in [2.75, 3.05) is 31.1 Å². The zero-order valence-electron chi connectivity index (χ0n) is 8.33. The first kappa shape index (κ1) is 10.7. The number of unbranched alkanes of at least 4 members (excludes halogenated alkanes) is 1. The van der Waals surface area contributed by atoms with E-state index < -0.39 is 0 Å². The molecule has 0 unspecified atom stereocenters. The van der Waals surface area contributed by atoms with Crippen molar-refractivity contribution in [2.24, 2.45) is 10.7 Å². The lowest BCUT2D eigenvalue weighted by molar-refractivity contribution is 0.455. The predicted octanol–water partition coefficient (Wildman–Crippen LogP) is 1.15. The van der Waals surface area contributed by atoms with E-state index in [0.29, 0.717) is 0 Å². The van der Waals surface area contributed by atoms with E-state index >= 15 is 0 Å². The van der Waals surface area contributed by atoms with E-state index in [4.69, 9.17) is 5.73 Å². The van der Waals surface area contributed by atoms with Gasteiger partial charge in [0, 0.05) is 31.1 Å². The number of nitrogens with zero attached hydrogens (tertiary/aromatic N) is 2. The Hall–Kier alpha value is -0.380. The van der Waals surface area contributed by atoms with Crippen LogP contribution in [0.25, 0.3) is 0 Å². The molecule has 0 aromatic rings. The average molecular weight is 201 g/mol. The van der Waals surface area contributed by atoms with Crippen molar-refractivity contribution < 1.29 is 0 Å². The lowest BCUT2D eigenvalue weighted by atomic mass is 10.3. The summed E-state index contributed by atoms with van der Waals surface area (Å²) in [6.45, 7) is 5.17. The summed E-state index contributed by atoms with van der Waals surface area (Å²) in [6.07, 6.45) is 2.33. The Morgan fingerprint density at radius 2 is 2.15 bits per heavy atom. The van der Waals surface area contributed by atoms with Crippen LogP contribution < -0.4 is 5.73 Å². The lowest BCUT2D eigenvalue weighted by Gasteiger charge is -2.27. The Balaban J connectivity index is 2.27. The molecule has 1 aliphatic rings. The number of guanidine groups is 1. The van der Waals surface area contributed by atoms with Crippen LogP contribution >= 0.6 is 11.8 Å². The van der Waals surface area contributed by atoms with Crippen molar-refractivity contribution in [2.45, 2.75) is 19.8 Å². The number of aliphatic imine (C=N–C) groups is 1. The third kappa shape index (κ3) is 3.89. The van der Waals surface area contributed by atoms with Gasteiger partial charge in [-0.3, -0.25) is 4.99 Å². The van der Waals surface area contributed by atoms with E-state index in [1.165, 1.54) is 17.9 Å². The van der Waals surface area contributed by atoms with Crippen LogP contribution in [0.3, 0.4) is 0 Å². The normalized spacial score (nSPS) is 19.2. The zero-order valence-corrected chi connectivity index (χ0v) is 9.15. The van der Waals surface area contributed by atoms with Gasteiger partial charge in [0.15, 0.2) is 5.96 Å². The molecular weight excluding hydrogens is 182 g/mol. The topological polar surface area (TPSA) is 41.6 Å². The van der Waals surface area contributed by atoms with Gasteiger partial charge in [0.05, 0.1) is 0 Å². The fourth-order valence-corrected chi connectivity index (χ4v) is 2.15. The second-order valence-electron chi connectivity index (χ2n) is 3.19. The molecule has 13 heavy (non-hydrogen) atoms. The molecule has 1 heterocycles. The molecule has 0 saturated carbocycles. The van der Waals surface area contributed by atoms with Gasteiger partial charge in [-0.25, -0.2) is 0 Å². The molecule has 0 spiro atoms. The Morgan fingerprint density at radius 3 is 2.77 bits per heavy atom. The summed E-state index contributed by atoms with van der Waals surface area (Å²) >= 11 is 1.99.